The van der Waals surface area contributed by atoms with Crippen molar-refractivity contribution in [2.45, 2.75) is 26.1 Å². The van der Waals surface area contributed by atoms with Gasteiger partial charge in [0.2, 0.25) is 0 Å². The molecule has 3 rings (SSSR count). The highest BCUT2D eigenvalue weighted by atomic mass is 16.5. The van der Waals surface area contributed by atoms with E-state index in [2.05, 4.69) is 41.3 Å². The van der Waals surface area contributed by atoms with Crippen molar-refractivity contribution in [2.24, 2.45) is 0 Å². The van der Waals surface area contributed by atoms with Gasteiger partial charge in [-0.25, -0.2) is 0 Å². The molecule has 1 heterocycles. The lowest BCUT2D eigenvalue weighted by Crippen LogP contribution is -2.30. The summed E-state index contributed by atoms with van der Waals surface area (Å²) in [5.74, 6) is 0. The molecule has 0 atom stereocenters. The Morgan fingerprint density at radius 1 is 1.10 bits per heavy atom. The summed E-state index contributed by atoms with van der Waals surface area (Å²) in [6, 6.07) is 14.9. The summed E-state index contributed by atoms with van der Waals surface area (Å²) >= 11 is 0. The van der Waals surface area contributed by atoms with Crippen molar-refractivity contribution in [1.82, 2.24) is 4.90 Å². The van der Waals surface area contributed by atoms with Crippen molar-refractivity contribution in [2.75, 3.05) is 19.4 Å². The van der Waals surface area contributed by atoms with Crippen LogP contribution in [-0.2, 0) is 30.9 Å². The van der Waals surface area contributed by atoms with Crippen LogP contribution in [0.1, 0.15) is 22.3 Å². The summed E-state index contributed by atoms with van der Waals surface area (Å²) in [5.41, 5.74) is 12.3. The van der Waals surface area contributed by atoms with Gasteiger partial charge >= 0.3 is 0 Å². The molecular weight excluding hydrogens is 260 g/mol. The molecule has 0 saturated heterocycles. The fourth-order valence-corrected chi connectivity index (χ4v) is 2.96. The minimum atomic E-state index is 0.675. The van der Waals surface area contributed by atoms with E-state index in [0.717, 1.165) is 31.7 Å². The zero-order valence-corrected chi connectivity index (χ0v) is 12.5. The predicted molar refractivity (Wildman–Crippen MR) is 85.8 cm³/mol. The molecule has 2 N–H and O–H groups in total. The molecule has 1 aliphatic rings. The average Bonchev–Trinajstić information content (AvgIpc) is 2.50. The number of ether oxygens (including phenoxy) is 1. The Hall–Kier alpha value is -1.84. The second kappa shape index (κ2) is 6.29. The summed E-state index contributed by atoms with van der Waals surface area (Å²) < 4.78 is 5.15. The summed E-state index contributed by atoms with van der Waals surface area (Å²) in [6.45, 7) is 3.69. The van der Waals surface area contributed by atoms with Gasteiger partial charge in [0.15, 0.2) is 0 Å². The third kappa shape index (κ3) is 3.26. The van der Waals surface area contributed by atoms with Crippen molar-refractivity contribution in [3.05, 3.63) is 64.7 Å². The number of hydrogen-bond donors (Lipinski definition) is 1. The van der Waals surface area contributed by atoms with Crippen LogP contribution in [0.15, 0.2) is 42.5 Å². The van der Waals surface area contributed by atoms with Gasteiger partial charge in [-0.1, -0.05) is 36.4 Å². The van der Waals surface area contributed by atoms with Gasteiger partial charge in [-0.3, -0.25) is 4.90 Å². The predicted octanol–water partition coefficient (Wildman–Crippen LogP) is 2.97. The Kier molecular flexibility index (Phi) is 4.23. The molecule has 0 aliphatic carbocycles. The van der Waals surface area contributed by atoms with Gasteiger partial charge in [-0.05, 0) is 34.7 Å². The normalized spacial score (nSPS) is 14.9. The number of nitrogens with two attached hydrogens (primary N) is 1. The number of nitrogen functional groups attached to an aromatic ring is 1. The van der Waals surface area contributed by atoms with E-state index >= 15 is 0 Å². The van der Waals surface area contributed by atoms with Crippen LogP contribution in [0.4, 0.5) is 5.69 Å². The topological polar surface area (TPSA) is 38.5 Å². The van der Waals surface area contributed by atoms with E-state index in [1.54, 1.807) is 7.11 Å². The van der Waals surface area contributed by atoms with Gasteiger partial charge in [0.1, 0.15) is 0 Å². The SMILES string of the molecule is COCc1ccc(CN2CCc3cccc(N)c3C2)cc1. The van der Waals surface area contributed by atoms with E-state index in [1.165, 1.54) is 22.3 Å². The second-order valence-electron chi connectivity index (χ2n) is 5.70. The molecule has 110 valence electrons. The molecular formula is C18H22N2O. The van der Waals surface area contributed by atoms with Crippen molar-refractivity contribution < 1.29 is 4.74 Å². The highest BCUT2D eigenvalue weighted by Crippen LogP contribution is 2.25. The maximum atomic E-state index is 6.11. The number of fused-ring (bicyclic) bond motifs is 1. The second-order valence-corrected chi connectivity index (χ2v) is 5.70. The first-order valence-corrected chi connectivity index (χ1v) is 7.41. The van der Waals surface area contributed by atoms with Gasteiger partial charge in [-0.15, -0.1) is 0 Å². The third-order valence-corrected chi connectivity index (χ3v) is 4.13. The van der Waals surface area contributed by atoms with Gasteiger partial charge in [0.05, 0.1) is 6.61 Å². The smallest absolute Gasteiger partial charge is 0.0713 e. The summed E-state index contributed by atoms with van der Waals surface area (Å²) in [5, 5.41) is 0. The Bertz CT molecular complexity index is 607. The molecule has 1 aliphatic heterocycles. The highest BCUT2D eigenvalue weighted by molar-refractivity contribution is 5.51. The van der Waals surface area contributed by atoms with Crippen molar-refractivity contribution >= 4 is 5.69 Å². The molecule has 0 fully saturated rings. The van der Waals surface area contributed by atoms with Gasteiger partial charge < -0.3 is 10.5 Å². The van der Waals surface area contributed by atoms with E-state index in [9.17, 15) is 0 Å². The summed E-state index contributed by atoms with van der Waals surface area (Å²) in [7, 11) is 1.73. The molecule has 3 heteroatoms. The van der Waals surface area contributed by atoms with Gasteiger partial charge in [-0.2, -0.15) is 0 Å². The Morgan fingerprint density at radius 2 is 1.86 bits per heavy atom. The van der Waals surface area contributed by atoms with Crippen LogP contribution < -0.4 is 5.73 Å². The molecule has 3 nitrogen and oxygen atoms in total. The average molecular weight is 282 g/mol. The first-order chi connectivity index (χ1) is 10.3. The van der Waals surface area contributed by atoms with Crippen LogP contribution in [0, 0.1) is 0 Å². The maximum Gasteiger partial charge on any atom is 0.0713 e. The van der Waals surface area contributed by atoms with Crippen molar-refractivity contribution in [3.63, 3.8) is 0 Å². The van der Waals surface area contributed by atoms with Crippen LogP contribution in [0.2, 0.25) is 0 Å². The Morgan fingerprint density at radius 3 is 2.62 bits per heavy atom. The zero-order valence-electron chi connectivity index (χ0n) is 12.5. The van der Waals surface area contributed by atoms with E-state index in [4.69, 9.17) is 10.5 Å². The Balaban J connectivity index is 1.68. The first-order valence-electron chi connectivity index (χ1n) is 7.41. The van der Waals surface area contributed by atoms with Gasteiger partial charge in [0.25, 0.3) is 0 Å². The van der Waals surface area contributed by atoms with E-state index < -0.39 is 0 Å². The van der Waals surface area contributed by atoms with Gasteiger partial charge in [0, 0.05) is 32.4 Å². The minimum absolute atomic E-state index is 0.675. The molecule has 0 unspecified atom stereocenters. The number of nitrogens with zero attached hydrogens (tertiary/aromatic N) is 1. The summed E-state index contributed by atoms with van der Waals surface area (Å²) in [6.07, 6.45) is 1.09. The molecule has 0 bridgehead atoms. The number of benzene rings is 2. The fraction of sp³-hybridized carbons (Fsp3) is 0.333. The number of anilines is 1. The summed E-state index contributed by atoms with van der Waals surface area (Å²) in [4.78, 5) is 2.46. The quantitative estimate of drug-likeness (QED) is 0.876. The largest absolute Gasteiger partial charge is 0.398 e. The number of hydrogen-bond acceptors (Lipinski definition) is 3. The first kappa shape index (κ1) is 14.1. The third-order valence-electron chi connectivity index (χ3n) is 4.13. The fourth-order valence-electron chi connectivity index (χ4n) is 2.96. The van der Waals surface area contributed by atoms with Crippen LogP contribution in [0.25, 0.3) is 0 Å². The van der Waals surface area contributed by atoms with Crippen molar-refractivity contribution in [3.8, 4) is 0 Å². The van der Waals surface area contributed by atoms with Crippen LogP contribution in [0.5, 0.6) is 0 Å². The van der Waals surface area contributed by atoms with E-state index in [0.29, 0.717) is 6.61 Å². The van der Waals surface area contributed by atoms with Crippen LogP contribution >= 0.6 is 0 Å². The number of rotatable bonds is 4. The lowest BCUT2D eigenvalue weighted by atomic mass is 9.97. The zero-order chi connectivity index (χ0) is 14.7. The monoisotopic (exact) mass is 282 g/mol. The molecule has 0 spiro atoms. The van der Waals surface area contributed by atoms with Crippen molar-refractivity contribution in [1.29, 1.82) is 0 Å². The van der Waals surface area contributed by atoms with Crippen LogP contribution in [-0.4, -0.2) is 18.6 Å². The van der Waals surface area contributed by atoms with E-state index in [1.807, 2.05) is 6.07 Å². The lowest BCUT2D eigenvalue weighted by molar-refractivity contribution is 0.185. The van der Waals surface area contributed by atoms with E-state index in [-0.39, 0.29) is 0 Å². The molecule has 0 amide bonds. The maximum absolute atomic E-state index is 6.11. The highest BCUT2D eigenvalue weighted by Gasteiger charge is 2.17. The Labute approximate surface area is 126 Å². The standard InChI is InChI=1S/C18H22N2O/c1-21-13-15-7-5-14(6-8-15)11-20-10-9-16-3-2-4-18(19)17(16)12-20/h2-8H,9-13,19H2,1H3. The number of methoxy groups -OCH3 is 1. The van der Waals surface area contributed by atoms with Crippen LogP contribution in [0.3, 0.4) is 0 Å². The molecule has 0 radical (unpaired) electrons. The molecule has 0 aromatic heterocycles. The molecule has 2 aromatic carbocycles. The molecule has 0 saturated carbocycles. The molecule has 2 aromatic rings. The molecule has 21 heavy (non-hydrogen) atoms. The lowest BCUT2D eigenvalue weighted by Gasteiger charge is -2.29. The minimum Gasteiger partial charge on any atom is -0.398 e.